The maximum Gasteiger partial charge on any atom is 0.274 e. The number of morpholine rings is 1. The summed E-state index contributed by atoms with van der Waals surface area (Å²) in [5.41, 5.74) is 0.542. The average Bonchev–Trinajstić information content (AvgIpc) is 3.11. The Balaban J connectivity index is 1.51. The molecule has 1 atom stereocenters. The van der Waals surface area contributed by atoms with Gasteiger partial charge >= 0.3 is 0 Å². The van der Waals surface area contributed by atoms with Gasteiger partial charge < -0.3 is 15.0 Å². The minimum Gasteiger partial charge on any atom is -0.379 e. The number of rotatable bonds is 5. The van der Waals surface area contributed by atoms with Gasteiger partial charge in [0.25, 0.3) is 5.91 Å². The molecule has 2 fully saturated rings. The molecule has 7 nitrogen and oxygen atoms in total. The molecule has 0 radical (unpaired) electrons. The third-order valence-electron chi connectivity index (χ3n) is 4.67. The fourth-order valence-electron chi connectivity index (χ4n) is 3.13. The summed E-state index contributed by atoms with van der Waals surface area (Å²) in [5.74, 6) is 0.000720. The summed E-state index contributed by atoms with van der Waals surface area (Å²) in [6, 6.07) is 2.20. The number of likely N-dealkylation sites (N-methyl/N-ethyl adjacent to an activating group) is 1. The molecule has 2 aliphatic rings. The molecule has 2 saturated heterocycles. The van der Waals surface area contributed by atoms with Crippen molar-refractivity contribution in [2.45, 2.75) is 18.9 Å². The molecule has 7 heteroatoms. The number of aromatic nitrogens is 2. The van der Waals surface area contributed by atoms with Crippen LogP contribution in [-0.2, 0) is 4.74 Å². The summed E-state index contributed by atoms with van der Waals surface area (Å²) in [6.45, 7) is 7.09. The highest BCUT2D eigenvalue weighted by Crippen LogP contribution is 2.16. The van der Waals surface area contributed by atoms with Crippen LogP contribution in [0, 0.1) is 0 Å². The predicted octanol–water partition coefficient (Wildman–Crippen LogP) is 0.212. The van der Waals surface area contributed by atoms with E-state index in [1.807, 2.05) is 24.0 Å². The number of hydrogen-bond donors (Lipinski definition) is 1. The number of nitrogens with one attached hydrogen (secondary N) is 1. The van der Waals surface area contributed by atoms with Gasteiger partial charge in [0.2, 0.25) is 0 Å². The lowest BCUT2D eigenvalue weighted by molar-refractivity contribution is 0.0337. The Morgan fingerprint density at radius 1 is 1.48 bits per heavy atom. The zero-order valence-corrected chi connectivity index (χ0v) is 13.9. The van der Waals surface area contributed by atoms with Crippen LogP contribution in [0.5, 0.6) is 0 Å². The van der Waals surface area contributed by atoms with Crippen molar-refractivity contribution in [2.75, 3.05) is 59.5 Å². The zero-order chi connectivity index (χ0) is 16.1. The Morgan fingerprint density at radius 2 is 2.30 bits per heavy atom. The van der Waals surface area contributed by atoms with Gasteiger partial charge in [-0.3, -0.25) is 14.4 Å². The Bertz CT molecular complexity index is 506. The summed E-state index contributed by atoms with van der Waals surface area (Å²) in [7, 11) is 1.85. The van der Waals surface area contributed by atoms with Crippen molar-refractivity contribution in [1.29, 1.82) is 0 Å². The second-order valence-corrected chi connectivity index (χ2v) is 6.36. The van der Waals surface area contributed by atoms with E-state index in [0.717, 1.165) is 65.3 Å². The minimum atomic E-state index is 0.000720. The number of amides is 1. The molecule has 0 saturated carbocycles. The lowest BCUT2D eigenvalue weighted by atomic mass is 10.1. The second-order valence-electron chi connectivity index (χ2n) is 6.36. The van der Waals surface area contributed by atoms with Crippen LogP contribution in [0.3, 0.4) is 0 Å². The van der Waals surface area contributed by atoms with Crippen molar-refractivity contribution in [3.63, 3.8) is 0 Å². The summed E-state index contributed by atoms with van der Waals surface area (Å²) in [6.07, 6.45) is 4.21. The van der Waals surface area contributed by atoms with Crippen LogP contribution in [-0.4, -0.2) is 85.0 Å². The summed E-state index contributed by atoms with van der Waals surface area (Å²) in [4.78, 5) is 16.6. The van der Waals surface area contributed by atoms with Crippen molar-refractivity contribution < 1.29 is 9.53 Å². The molecule has 1 aromatic heterocycles. The highest BCUT2D eigenvalue weighted by molar-refractivity contribution is 5.92. The van der Waals surface area contributed by atoms with Crippen LogP contribution in [0.4, 0.5) is 0 Å². The fourth-order valence-corrected chi connectivity index (χ4v) is 3.13. The lowest BCUT2D eigenvalue weighted by Gasteiger charge is -2.28. The Morgan fingerprint density at radius 3 is 3.04 bits per heavy atom. The van der Waals surface area contributed by atoms with E-state index in [1.165, 1.54) is 0 Å². The molecule has 0 spiro atoms. The van der Waals surface area contributed by atoms with Crippen molar-refractivity contribution in [1.82, 2.24) is 24.9 Å². The molecule has 0 bridgehead atoms. The molecule has 3 rings (SSSR count). The van der Waals surface area contributed by atoms with Gasteiger partial charge in [-0.1, -0.05) is 0 Å². The molecule has 23 heavy (non-hydrogen) atoms. The molecule has 1 unspecified atom stereocenters. The number of piperidine rings is 1. The van der Waals surface area contributed by atoms with Gasteiger partial charge in [0.1, 0.15) is 5.69 Å². The second kappa shape index (κ2) is 7.90. The molecule has 2 aliphatic heterocycles. The number of hydrogen-bond acceptors (Lipinski definition) is 5. The van der Waals surface area contributed by atoms with Gasteiger partial charge in [0, 0.05) is 46.0 Å². The SMILES string of the molecule is CN(CCN1CCOCC1)C(=O)c1ccn(C2CCCNC2)n1. The van der Waals surface area contributed by atoms with Gasteiger partial charge in [-0.25, -0.2) is 0 Å². The van der Waals surface area contributed by atoms with E-state index >= 15 is 0 Å². The Labute approximate surface area is 137 Å². The van der Waals surface area contributed by atoms with E-state index in [9.17, 15) is 4.79 Å². The number of ether oxygens (including phenoxy) is 1. The average molecular weight is 321 g/mol. The van der Waals surface area contributed by atoms with Gasteiger partial charge in [-0.2, -0.15) is 5.10 Å². The van der Waals surface area contributed by atoms with Gasteiger partial charge in [0.05, 0.1) is 19.3 Å². The molecule has 128 valence electrons. The highest BCUT2D eigenvalue weighted by atomic mass is 16.5. The normalized spacial score (nSPS) is 22.9. The first-order valence-electron chi connectivity index (χ1n) is 8.55. The smallest absolute Gasteiger partial charge is 0.274 e. The maximum absolute atomic E-state index is 12.5. The van der Waals surface area contributed by atoms with Crippen molar-refractivity contribution in [3.8, 4) is 0 Å². The van der Waals surface area contributed by atoms with Crippen molar-refractivity contribution in [2.24, 2.45) is 0 Å². The van der Waals surface area contributed by atoms with Crippen LogP contribution in [0.15, 0.2) is 12.3 Å². The topological polar surface area (TPSA) is 62.6 Å². The monoisotopic (exact) mass is 321 g/mol. The third-order valence-corrected chi connectivity index (χ3v) is 4.67. The van der Waals surface area contributed by atoms with Crippen LogP contribution < -0.4 is 5.32 Å². The third kappa shape index (κ3) is 4.31. The van der Waals surface area contributed by atoms with Crippen LogP contribution >= 0.6 is 0 Å². The van der Waals surface area contributed by atoms with Crippen molar-refractivity contribution in [3.05, 3.63) is 18.0 Å². The molecule has 1 N–H and O–H groups in total. The van der Waals surface area contributed by atoms with Crippen LogP contribution in [0.1, 0.15) is 29.4 Å². The number of nitrogens with zero attached hydrogens (tertiary/aromatic N) is 4. The minimum absolute atomic E-state index is 0.000720. The van der Waals surface area contributed by atoms with E-state index in [2.05, 4.69) is 15.3 Å². The highest BCUT2D eigenvalue weighted by Gasteiger charge is 2.20. The molecular weight excluding hydrogens is 294 g/mol. The summed E-state index contributed by atoms with van der Waals surface area (Å²) < 4.78 is 7.28. The largest absolute Gasteiger partial charge is 0.379 e. The predicted molar refractivity (Wildman–Crippen MR) is 87.6 cm³/mol. The number of carbonyl (C=O) groups excluding carboxylic acids is 1. The van der Waals surface area contributed by atoms with E-state index in [1.54, 1.807) is 4.90 Å². The van der Waals surface area contributed by atoms with Gasteiger partial charge in [-0.05, 0) is 25.5 Å². The molecule has 3 heterocycles. The van der Waals surface area contributed by atoms with E-state index in [0.29, 0.717) is 11.7 Å². The standard InChI is InChI=1S/C16H27N5O2/c1-19(7-8-20-9-11-23-12-10-20)16(22)15-4-6-21(18-15)14-3-2-5-17-13-14/h4,6,14,17H,2-3,5,7-13H2,1H3. The van der Waals surface area contributed by atoms with Crippen LogP contribution in [0.2, 0.25) is 0 Å². The van der Waals surface area contributed by atoms with E-state index < -0.39 is 0 Å². The first-order valence-corrected chi connectivity index (χ1v) is 8.55. The first kappa shape index (κ1) is 16.4. The first-order chi connectivity index (χ1) is 11.2. The molecular formula is C16H27N5O2. The lowest BCUT2D eigenvalue weighted by Crippen LogP contribution is -2.42. The maximum atomic E-state index is 12.5. The molecule has 0 aliphatic carbocycles. The number of carbonyl (C=O) groups is 1. The fraction of sp³-hybridized carbons (Fsp3) is 0.750. The van der Waals surface area contributed by atoms with Crippen molar-refractivity contribution >= 4 is 5.91 Å². The summed E-state index contributed by atoms with van der Waals surface area (Å²) >= 11 is 0. The molecule has 1 amide bonds. The van der Waals surface area contributed by atoms with Gasteiger partial charge in [-0.15, -0.1) is 0 Å². The summed E-state index contributed by atoms with van der Waals surface area (Å²) in [5, 5.41) is 7.88. The van der Waals surface area contributed by atoms with Crippen LogP contribution in [0.25, 0.3) is 0 Å². The Hall–Kier alpha value is -1.44. The van der Waals surface area contributed by atoms with E-state index in [4.69, 9.17) is 4.74 Å². The Kier molecular flexibility index (Phi) is 5.64. The van der Waals surface area contributed by atoms with E-state index in [-0.39, 0.29) is 5.91 Å². The molecule has 0 aromatic carbocycles. The molecule has 1 aromatic rings. The zero-order valence-electron chi connectivity index (χ0n) is 13.9. The van der Waals surface area contributed by atoms with Gasteiger partial charge in [0.15, 0.2) is 0 Å². The quantitative estimate of drug-likeness (QED) is 0.840.